The van der Waals surface area contributed by atoms with Crippen molar-refractivity contribution in [1.29, 1.82) is 0 Å². The Morgan fingerprint density at radius 2 is 2.19 bits per heavy atom. The van der Waals surface area contributed by atoms with Gasteiger partial charge in [0.15, 0.2) is 0 Å². The smallest absolute Gasteiger partial charge is 0.261 e. The first-order valence-corrected chi connectivity index (χ1v) is 10.0. The Balaban J connectivity index is 0.00000210. The molecule has 1 aliphatic rings. The fourth-order valence-corrected chi connectivity index (χ4v) is 4.52. The molecule has 2 aromatic heterocycles. The van der Waals surface area contributed by atoms with E-state index in [1.54, 1.807) is 0 Å². The first-order chi connectivity index (χ1) is 12.6. The van der Waals surface area contributed by atoms with Gasteiger partial charge in [0.2, 0.25) is 0 Å². The lowest BCUT2D eigenvalue weighted by atomic mass is 10.1. The molecule has 0 aliphatic carbocycles. The maximum atomic E-state index is 12.6. The average molecular weight is 425 g/mol. The number of nitrogens with one attached hydrogen (secondary N) is 2. The van der Waals surface area contributed by atoms with Gasteiger partial charge in [-0.05, 0) is 50.1 Å². The number of aromatic nitrogens is 2. The van der Waals surface area contributed by atoms with Crippen molar-refractivity contribution in [2.24, 2.45) is 0 Å². The van der Waals surface area contributed by atoms with Crippen molar-refractivity contribution in [2.75, 3.05) is 13.1 Å². The van der Waals surface area contributed by atoms with Gasteiger partial charge in [0.1, 0.15) is 4.83 Å². The number of piperidine rings is 1. The number of nitrogens with zero attached hydrogens (tertiary/aromatic N) is 2. The van der Waals surface area contributed by atoms with Gasteiger partial charge in [0.05, 0.1) is 17.1 Å². The van der Waals surface area contributed by atoms with Crippen molar-refractivity contribution in [3.05, 3.63) is 51.5 Å². The highest BCUT2D eigenvalue weighted by molar-refractivity contribution is 7.20. The second kappa shape index (κ2) is 8.61. The van der Waals surface area contributed by atoms with Crippen molar-refractivity contribution in [2.45, 2.75) is 32.4 Å². The van der Waals surface area contributed by atoms with Crippen molar-refractivity contribution in [3.63, 3.8) is 0 Å². The van der Waals surface area contributed by atoms with E-state index >= 15 is 0 Å². The SMILES string of the molecule is Cc1nn(Cc2ccc(Cl)cc2)c2sc(C(=O)NC3CCCNC3)cc12.Cl. The quantitative estimate of drug-likeness (QED) is 0.664. The van der Waals surface area contributed by atoms with Gasteiger partial charge in [0, 0.05) is 23.0 Å². The lowest BCUT2D eigenvalue weighted by Crippen LogP contribution is -2.45. The molecule has 0 bridgehead atoms. The van der Waals surface area contributed by atoms with Crippen LogP contribution in [0.2, 0.25) is 5.02 Å². The van der Waals surface area contributed by atoms with E-state index in [9.17, 15) is 4.79 Å². The fraction of sp³-hybridized carbons (Fsp3) is 0.368. The molecule has 1 amide bonds. The summed E-state index contributed by atoms with van der Waals surface area (Å²) in [6, 6.07) is 9.96. The van der Waals surface area contributed by atoms with E-state index in [1.807, 2.05) is 41.9 Å². The lowest BCUT2D eigenvalue weighted by molar-refractivity contribution is 0.0935. The molecular formula is C19H22Cl2N4OS. The summed E-state index contributed by atoms with van der Waals surface area (Å²) < 4.78 is 1.97. The number of fused-ring (bicyclic) bond motifs is 1. The molecule has 8 heteroatoms. The monoisotopic (exact) mass is 424 g/mol. The number of halogens is 2. The molecule has 0 saturated carbocycles. The van der Waals surface area contributed by atoms with Gasteiger partial charge in [0.25, 0.3) is 5.91 Å². The van der Waals surface area contributed by atoms with E-state index in [2.05, 4.69) is 15.7 Å². The third-order valence-corrected chi connectivity index (χ3v) is 6.11. The average Bonchev–Trinajstić information content (AvgIpc) is 3.20. The van der Waals surface area contributed by atoms with Crippen LogP contribution in [0.1, 0.15) is 33.8 Å². The van der Waals surface area contributed by atoms with Gasteiger partial charge in [-0.1, -0.05) is 23.7 Å². The molecule has 2 N–H and O–H groups in total. The number of aryl methyl sites for hydroxylation is 1. The Morgan fingerprint density at radius 3 is 2.89 bits per heavy atom. The minimum absolute atomic E-state index is 0. The molecule has 0 radical (unpaired) electrons. The number of rotatable bonds is 4. The van der Waals surface area contributed by atoms with Gasteiger partial charge in [-0.25, -0.2) is 0 Å². The molecule has 27 heavy (non-hydrogen) atoms. The molecule has 1 fully saturated rings. The fourth-order valence-electron chi connectivity index (χ4n) is 3.33. The van der Waals surface area contributed by atoms with Gasteiger partial charge in [-0.15, -0.1) is 23.7 Å². The van der Waals surface area contributed by atoms with Crippen LogP contribution in [-0.2, 0) is 6.54 Å². The summed E-state index contributed by atoms with van der Waals surface area (Å²) in [7, 11) is 0. The maximum Gasteiger partial charge on any atom is 0.261 e. The molecule has 1 saturated heterocycles. The second-order valence-corrected chi connectivity index (χ2v) is 8.18. The normalized spacial score (nSPS) is 16.9. The van der Waals surface area contributed by atoms with Crippen molar-refractivity contribution in [1.82, 2.24) is 20.4 Å². The van der Waals surface area contributed by atoms with Crippen LogP contribution in [0.5, 0.6) is 0 Å². The molecule has 3 aromatic rings. The number of benzene rings is 1. The number of thiophene rings is 1. The summed E-state index contributed by atoms with van der Waals surface area (Å²) in [5, 5.41) is 12.9. The molecule has 4 rings (SSSR count). The molecule has 1 aromatic carbocycles. The Bertz CT molecular complexity index is 929. The summed E-state index contributed by atoms with van der Waals surface area (Å²) in [6.07, 6.45) is 2.14. The Hall–Kier alpha value is -1.60. The third kappa shape index (κ3) is 4.46. The molecule has 3 heterocycles. The predicted molar refractivity (Wildman–Crippen MR) is 114 cm³/mol. The number of hydrogen-bond donors (Lipinski definition) is 2. The molecule has 1 atom stereocenters. The summed E-state index contributed by atoms with van der Waals surface area (Å²) in [4.78, 5) is 14.4. The Morgan fingerprint density at radius 1 is 1.41 bits per heavy atom. The highest BCUT2D eigenvalue weighted by atomic mass is 35.5. The summed E-state index contributed by atoms with van der Waals surface area (Å²) in [6.45, 7) is 4.53. The van der Waals surface area contributed by atoms with E-state index in [0.717, 1.165) is 57.3 Å². The zero-order valence-corrected chi connectivity index (χ0v) is 17.4. The summed E-state index contributed by atoms with van der Waals surface area (Å²) in [5.41, 5.74) is 2.08. The number of carbonyl (C=O) groups is 1. The number of hydrogen-bond acceptors (Lipinski definition) is 4. The van der Waals surface area contributed by atoms with Crippen LogP contribution in [0, 0.1) is 6.92 Å². The Labute approximate surface area is 173 Å². The molecule has 1 unspecified atom stereocenters. The van der Waals surface area contributed by atoms with E-state index in [-0.39, 0.29) is 24.4 Å². The van der Waals surface area contributed by atoms with Crippen LogP contribution in [0.25, 0.3) is 10.2 Å². The number of amides is 1. The summed E-state index contributed by atoms with van der Waals surface area (Å²) in [5.74, 6) is 0.0114. The first-order valence-electron chi connectivity index (χ1n) is 8.83. The highest BCUT2D eigenvalue weighted by Crippen LogP contribution is 2.29. The van der Waals surface area contributed by atoms with E-state index in [4.69, 9.17) is 11.6 Å². The van der Waals surface area contributed by atoms with E-state index in [0.29, 0.717) is 6.54 Å². The lowest BCUT2D eigenvalue weighted by Gasteiger charge is -2.23. The third-order valence-electron chi connectivity index (χ3n) is 4.71. The van der Waals surface area contributed by atoms with Crippen LogP contribution in [0.4, 0.5) is 0 Å². The van der Waals surface area contributed by atoms with Gasteiger partial charge < -0.3 is 10.6 Å². The van der Waals surface area contributed by atoms with Crippen molar-refractivity contribution < 1.29 is 4.79 Å². The minimum Gasteiger partial charge on any atom is -0.347 e. The topological polar surface area (TPSA) is 59.0 Å². The molecular weight excluding hydrogens is 403 g/mol. The van der Waals surface area contributed by atoms with Gasteiger partial charge in [-0.3, -0.25) is 9.48 Å². The molecule has 144 valence electrons. The van der Waals surface area contributed by atoms with Crippen molar-refractivity contribution >= 4 is 51.5 Å². The van der Waals surface area contributed by atoms with Crippen LogP contribution >= 0.6 is 35.3 Å². The minimum atomic E-state index is 0. The van der Waals surface area contributed by atoms with Gasteiger partial charge >= 0.3 is 0 Å². The van der Waals surface area contributed by atoms with Crippen LogP contribution in [0.3, 0.4) is 0 Å². The summed E-state index contributed by atoms with van der Waals surface area (Å²) >= 11 is 7.47. The molecule has 1 aliphatic heterocycles. The maximum absolute atomic E-state index is 12.6. The number of carbonyl (C=O) groups excluding carboxylic acids is 1. The highest BCUT2D eigenvalue weighted by Gasteiger charge is 2.20. The second-order valence-electron chi connectivity index (χ2n) is 6.72. The zero-order chi connectivity index (χ0) is 18.1. The molecule has 0 spiro atoms. The van der Waals surface area contributed by atoms with Crippen LogP contribution in [0.15, 0.2) is 30.3 Å². The van der Waals surface area contributed by atoms with Crippen LogP contribution in [-0.4, -0.2) is 34.8 Å². The largest absolute Gasteiger partial charge is 0.347 e. The Kier molecular flexibility index (Phi) is 6.42. The zero-order valence-electron chi connectivity index (χ0n) is 15.0. The van der Waals surface area contributed by atoms with E-state index in [1.165, 1.54) is 11.3 Å². The van der Waals surface area contributed by atoms with E-state index < -0.39 is 0 Å². The first kappa shape index (κ1) is 20.1. The predicted octanol–water partition coefficient (Wildman–Crippen LogP) is 4.01. The standard InChI is InChI=1S/C19H21ClN4OS.ClH/c1-12-16-9-17(18(25)22-15-3-2-8-21-10-15)26-19(16)24(23-12)11-13-4-6-14(20)7-5-13;/h4-7,9,15,21H,2-3,8,10-11H2,1H3,(H,22,25);1H. The van der Waals surface area contributed by atoms with Gasteiger partial charge in [-0.2, -0.15) is 5.10 Å². The molecule has 5 nitrogen and oxygen atoms in total. The van der Waals surface area contributed by atoms with Crippen molar-refractivity contribution in [3.8, 4) is 0 Å². The van der Waals surface area contributed by atoms with Crippen LogP contribution < -0.4 is 10.6 Å².